The number of benzene rings is 2. The minimum atomic E-state index is -4.06. The molecule has 0 spiro atoms. The smallest absolute Gasteiger partial charge is 0.241 e. The van der Waals surface area contributed by atoms with Crippen molar-refractivity contribution in [2.24, 2.45) is 0 Å². The Morgan fingerprint density at radius 3 is 2.52 bits per heavy atom. The molecule has 0 bridgehead atoms. The Morgan fingerprint density at radius 2 is 1.89 bits per heavy atom. The minimum Gasteiger partial charge on any atom is -0.548 e. The van der Waals surface area contributed by atoms with Crippen LogP contribution in [0.25, 0.3) is 0 Å². The van der Waals surface area contributed by atoms with Crippen LogP contribution in [0.2, 0.25) is 0 Å². The van der Waals surface area contributed by atoms with Crippen LogP contribution in [0.3, 0.4) is 0 Å². The molecule has 0 radical (unpaired) electrons. The van der Waals surface area contributed by atoms with E-state index in [0.29, 0.717) is 24.2 Å². The van der Waals surface area contributed by atoms with Gasteiger partial charge in [0, 0.05) is 19.2 Å². The molecule has 3 rings (SSSR count). The van der Waals surface area contributed by atoms with Gasteiger partial charge >= 0.3 is 0 Å². The summed E-state index contributed by atoms with van der Waals surface area (Å²) in [4.78, 5) is 24.6. The highest BCUT2D eigenvalue weighted by atomic mass is 32.2. The predicted molar refractivity (Wildman–Crippen MR) is 97.4 cm³/mol. The van der Waals surface area contributed by atoms with E-state index < -0.39 is 22.0 Å². The van der Waals surface area contributed by atoms with Crippen LogP contribution in [0.1, 0.15) is 18.1 Å². The Hall–Kier alpha value is -2.71. The molecule has 2 aromatic carbocycles. The van der Waals surface area contributed by atoms with Crippen LogP contribution >= 0.6 is 0 Å². The number of nitrogens with zero attached hydrogens (tertiary/aromatic N) is 1. The fourth-order valence-corrected chi connectivity index (χ4v) is 4.39. The fourth-order valence-electron chi connectivity index (χ4n) is 3.15. The van der Waals surface area contributed by atoms with Gasteiger partial charge in [-0.25, -0.2) is 13.1 Å². The van der Waals surface area contributed by atoms with Crippen molar-refractivity contribution in [3.05, 3.63) is 59.7 Å². The molecule has 1 amide bonds. The molecule has 1 atom stereocenters. The Kier molecular flexibility index (Phi) is 5.29. The third-order valence-corrected chi connectivity index (χ3v) is 5.97. The van der Waals surface area contributed by atoms with Crippen molar-refractivity contribution in [2.45, 2.75) is 30.7 Å². The first-order valence-electron chi connectivity index (χ1n) is 8.46. The molecule has 1 aliphatic rings. The van der Waals surface area contributed by atoms with E-state index in [0.717, 1.165) is 5.56 Å². The van der Waals surface area contributed by atoms with Crippen molar-refractivity contribution >= 4 is 27.6 Å². The summed E-state index contributed by atoms with van der Waals surface area (Å²) < 4.78 is 27.6. The van der Waals surface area contributed by atoms with Gasteiger partial charge in [0.15, 0.2) is 0 Å². The van der Waals surface area contributed by atoms with Crippen molar-refractivity contribution in [3.8, 4) is 0 Å². The zero-order valence-electron chi connectivity index (χ0n) is 14.7. The molecule has 8 heteroatoms. The fraction of sp³-hybridized carbons (Fsp3) is 0.263. The molecule has 1 heterocycles. The van der Waals surface area contributed by atoms with Crippen LogP contribution in [0.5, 0.6) is 0 Å². The molecule has 142 valence electrons. The lowest BCUT2D eigenvalue weighted by Crippen LogP contribution is -2.49. The van der Waals surface area contributed by atoms with E-state index in [1.165, 1.54) is 19.1 Å². The first-order valence-corrected chi connectivity index (χ1v) is 9.94. The molecular weight excluding hydrogens is 368 g/mol. The summed E-state index contributed by atoms with van der Waals surface area (Å²) in [6.45, 7) is 1.95. The first kappa shape index (κ1) is 19.1. The lowest BCUT2D eigenvalue weighted by molar-refractivity contribution is -0.307. The zero-order chi connectivity index (χ0) is 19.6. The van der Waals surface area contributed by atoms with Crippen LogP contribution in [0.15, 0.2) is 53.4 Å². The van der Waals surface area contributed by atoms with E-state index >= 15 is 0 Å². The molecular formula is C19H19N2O5S-. The molecule has 27 heavy (non-hydrogen) atoms. The second-order valence-electron chi connectivity index (χ2n) is 6.39. The van der Waals surface area contributed by atoms with E-state index in [9.17, 15) is 23.1 Å². The first-order chi connectivity index (χ1) is 12.8. The van der Waals surface area contributed by atoms with E-state index in [1.807, 2.05) is 0 Å². The molecule has 0 fully saturated rings. The molecule has 0 aromatic heterocycles. The molecule has 1 unspecified atom stereocenters. The van der Waals surface area contributed by atoms with E-state index in [2.05, 4.69) is 4.72 Å². The molecule has 1 aliphatic heterocycles. The summed E-state index contributed by atoms with van der Waals surface area (Å²) in [7, 11) is -4.06. The maximum Gasteiger partial charge on any atom is 0.241 e. The number of rotatable bonds is 6. The predicted octanol–water partition coefficient (Wildman–Crippen LogP) is 0.235. The van der Waals surface area contributed by atoms with Gasteiger partial charge < -0.3 is 14.8 Å². The second kappa shape index (κ2) is 7.50. The van der Waals surface area contributed by atoms with Crippen LogP contribution < -0.4 is 14.7 Å². The average Bonchev–Trinajstić information content (AvgIpc) is 3.05. The van der Waals surface area contributed by atoms with Crippen molar-refractivity contribution in [2.75, 3.05) is 11.4 Å². The highest BCUT2D eigenvalue weighted by Gasteiger charge is 2.26. The number of nitrogens with one attached hydrogen (secondary N) is 1. The quantitative estimate of drug-likeness (QED) is 0.764. The Bertz CT molecular complexity index is 973. The molecule has 0 saturated heterocycles. The third kappa shape index (κ3) is 4.17. The van der Waals surface area contributed by atoms with E-state index in [1.54, 1.807) is 41.3 Å². The number of hydrogen-bond donors (Lipinski definition) is 1. The van der Waals surface area contributed by atoms with E-state index in [-0.39, 0.29) is 17.2 Å². The number of amides is 1. The monoisotopic (exact) mass is 387 g/mol. The van der Waals surface area contributed by atoms with Gasteiger partial charge in [-0.3, -0.25) is 4.79 Å². The maximum absolute atomic E-state index is 12.7. The Labute approximate surface area is 157 Å². The summed E-state index contributed by atoms with van der Waals surface area (Å²) in [6.07, 6.45) is 0.525. The van der Waals surface area contributed by atoms with Crippen molar-refractivity contribution in [1.82, 2.24) is 4.72 Å². The number of carboxylic acid groups (broad SMARTS) is 1. The average molecular weight is 387 g/mol. The van der Waals surface area contributed by atoms with Gasteiger partial charge in [-0.15, -0.1) is 0 Å². The number of anilines is 1. The second-order valence-corrected chi connectivity index (χ2v) is 8.11. The van der Waals surface area contributed by atoms with Gasteiger partial charge in [-0.2, -0.15) is 0 Å². The number of fused-ring (bicyclic) bond motifs is 1. The zero-order valence-corrected chi connectivity index (χ0v) is 15.5. The summed E-state index contributed by atoms with van der Waals surface area (Å²) in [6, 6.07) is 11.8. The number of carbonyl (C=O) groups is 2. The summed E-state index contributed by atoms with van der Waals surface area (Å²) >= 11 is 0. The highest BCUT2D eigenvalue weighted by Crippen LogP contribution is 2.30. The van der Waals surface area contributed by atoms with Gasteiger partial charge in [0.2, 0.25) is 15.9 Å². The SMILES string of the molecule is CC(=O)N1CCc2cc(S(=O)(=O)NC(Cc3ccccc3)C(=O)[O-])ccc21. The van der Waals surface area contributed by atoms with Crippen LogP contribution in [-0.4, -0.2) is 32.9 Å². The third-order valence-electron chi connectivity index (χ3n) is 4.50. The van der Waals surface area contributed by atoms with Crippen LogP contribution in [0, 0.1) is 0 Å². The number of carbonyl (C=O) groups excluding carboxylic acids is 2. The molecule has 1 N–H and O–H groups in total. The van der Waals surface area contributed by atoms with Gasteiger partial charge in [0.05, 0.1) is 16.9 Å². The standard InChI is InChI=1S/C19H20N2O5S/c1-13(22)21-10-9-15-12-16(7-8-18(15)21)27(25,26)20-17(19(23)24)11-14-5-3-2-4-6-14/h2-8,12,17,20H,9-11H2,1H3,(H,23,24)/p-1. The van der Waals surface area contributed by atoms with E-state index in [4.69, 9.17) is 0 Å². The topological polar surface area (TPSA) is 107 Å². The number of hydrogen-bond acceptors (Lipinski definition) is 5. The lowest BCUT2D eigenvalue weighted by atomic mass is 10.1. The molecule has 2 aromatic rings. The van der Waals surface area contributed by atoms with Crippen molar-refractivity contribution in [1.29, 1.82) is 0 Å². The summed E-state index contributed by atoms with van der Waals surface area (Å²) in [5, 5.41) is 11.4. The maximum atomic E-state index is 12.7. The van der Waals surface area contributed by atoms with Gasteiger partial charge in [0.25, 0.3) is 0 Å². The molecule has 7 nitrogen and oxygen atoms in total. The van der Waals surface area contributed by atoms with Gasteiger partial charge in [-0.05, 0) is 42.2 Å². The number of aliphatic carboxylic acids is 1. The highest BCUT2D eigenvalue weighted by molar-refractivity contribution is 7.89. The van der Waals surface area contributed by atoms with Crippen molar-refractivity contribution in [3.63, 3.8) is 0 Å². The van der Waals surface area contributed by atoms with Crippen molar-refractivity contribution < 1.29 is 23.1 Å². The normalized spacial score (nSPS) is 14.6. The molecule has 0 aliphatic carbocycles. The summed E-state index contributed by atoms with van der Waals surface area (Å²) in [5.41, 5.74) is 2.10. The minimum absolute atomic E-state index is 0.0224. The van der Waals surface area contributed by atoms with Gasteiger partial charge in [-0.1, -0.05) is 30.3 Å². The number of sulfonamides is 1. The van der Waals surface area contributed by atoms with Gasteiger partial charge in [0.1, 0.15) is 0 Å². The lowest BCUT2D eigenvalue weighted by Gasteiger charge is -2.20. The summed E-state index contributed by atoms with van der Waals surface area (Å²) in [5.74, 6) is -1.60. The van der Waals surface area contributed by atoms with Crippen LogP contribution in [0.4, 0.5) is 5.69 Å². The van der Waals surface area contributed by atoms with Crippen LogP contribution in [-0.2, 0) is 32.5 Å². The Balaban J connectivity index is 1.83. The largest absolute Gasteiger partial charge is 0.548 e. The number of carboxylic acids is 1. The molecule has 0 saturated carbocycles. The Morgan fingerprint density at radius 1 is 1.19 bits per heavy atom.